The van der Waals surface area contributed by atoms with Gasteiger partial charge >= 0.3 is 0 Å². The molecule has 4 aromatic rings. The van der Waals surface area contributed by atoms with Gasteiger partial charge in [0.05, 0.1) is 5.39 Å². The van der Waals surface area contributed by atoms with Crippen LogP contribution in [0.1, 0.15) is 16.7 Å². The van der Waals surface area contributed by atoms with E-state index < -0.39 is 10.1 Å². The van der Waals surface area contributed by atoms with Gasteiger partial charge in [-0.3, -0.25) is 4.55 Å². The molecule has 8 nitrogen and oxygen atoms in total. The van der Waals surface area contributed by atoms with Crippen LogP contribution >= 0.6 is 0 Å². The summed E-state index contributed by atoms with van der Waals surface area (Å²) >= 11 is 0. The van der Waals surface area contributed by atoms with Gasteiger partial charge in [-0.15, -0.1) is 10.2 Å². The number of phenolic OH excluding ortho intramolecular Hbond substituents is 2. The van der Waals surface area contributed by atoms with Gasteiger partial charge in [-0.1, -0.05) is 29.8 Å². The predicted molar refractivity (Wildman–Crippen MR) is 124 cm³/mol. The molecule has 0 amide bonds. The number of phenols is 2. The van der Waals surface area contributed by atoms with Crippen LogP contribution in [0.3, 0.4) is 0 Å². The van der Waals surface area contributed by atoms with Gasteiger partial charge in [0.15, 0.2) is 5.75 Å². The largest absolute Gasteiger partial charge is 0.506 e. The molecule has 0 fully saturated rings. The number of benzene rings is 4. The summed E-state index contributed by atoms with van der Waals surface area (Å²) in [7, 11) is -4.54. The zero-order chi connectivity index (χ0) is 23.4. The molecule has 0 saturated carbocycles. The van der Waals surface area contributed by atoms with E-state index in [9.17, 15) is 23.2 Å². The Morgan fingerprint density at radius 1 is 0.848 bits per heavy atom. The van der Waals surface area contributed by atoms with Crippen molar-refractivity contribution in [3.63, 3.8) is 0 Å². The molecule has 0 aliphatic rings. The second kappa shape index (κ2) is 8.64. The van der Waals surface area contributed by atoms with Crippen LogP contribution in [0.15, 0.2) is 57.6 Å². The summed E-state index contributed by atoms with van der Waals surface area (Å²) in [5.74, 6) is -0.448. The zero-order valence-corrected chi connectivity index (χ0v) is 19.6. The van der Waals surface area contributed by atoms with Crippen LogP contribution in [0.5, 0.6) is 11.5 Å². The minimum Gasteiger partial charge on any atom is -0.506 e. The predicted octanol–water partition coefficient (Wildman–Crippen LogP) is 5.57. The van der Waals surface area contributed by atoms with Crippen molar-refractivity contribution in [1.29, 1.82) is 0 Å². The number of azo groups is 1. The summed E-state index contributed by atoms with van der Waals surface area (Å²) in [5, 5.41) is 31.3. The molecule has 0 atom stereocenters. The third kappa shape index (κ3) is 4.26. The van der Waals surface area contributed by atoms with Crippen molar-refractivity contribution in [2.24, 2.45) is 10.2 Å². The Bertz CT molecular complexity index is 1570. The van der Waals surface area contributed by atoms with E-state index in [1.807, 2.05) is 32.0 Å². The van der Waals surface area contributed by atoms with E-state index in [-0.39, 0.29) is 61.3 Å². The van der Waals surface area contributed by atoms with E-state index in [0.717, 1.165) is 16.5 Å². The molecule has 0 aliphatic carbocycles. The van der Waals surface area contributed by atoms with Gasteiger partial charge in [0.2, 0.25) is 0 Å². The third-order valence-electron chi connectivity index (χ3n) is 5.45. The van der Waals surface area contributed by atoms with Crippen LogP contribution in [-0.4, -0.2) is 23.2 Å². The number of rotatable bonds is 3. The standard InChI is InChI=1S/C23H21N3O5S.Cu/c1-11-4-5-14-16(8-11)12(2)9-18(27)22(14)26-25-17-7-6-15-19(32(29,30)31)10-13(3)21(24)20(15)23(17)28;/h4-10,27-28H,24H2,1-3H3,(H,29,30,31);. The summed E-state index contributed by atoms with van der Waals surface area (Å²) in [6.07, 6.45) is 0. The number of nitrogens with zero attached hydrogens (tertiary/aromatic N) is 2. The Hall–Kier alpha value is -3.17. The van der Waals surface area contributed by atoms with Crippen molar-refractivity contribution in [3.05, 3.63) is 59.2 Å². The molecule has 4 rings (SSSR count). The first-order valence-electron chi connectivity index (χ1n) is 9.66. The van der Waals surface area contributed by atoms with Crippen LogP contribution < -0.4 is 5.73 Å². The Morgan fingerprint density at radius 3 is 2.18 bits per heavy atom. The van der Waals surface area contributed by atoms with Crippen molar-refractivity contribution in [1.82, 2.24) is 0 Å². The van der Waals surface area contributed by atoms with Crippen LogP contribution in [0.25, 0.3) is 21.5 Å². The van der Waals surface area contributed by atoms with Crippen molar-refractivity contribution >= 4 is 48.7 Å². The maximum atomic E-state index is 11.8. The molecule has 33 heavy (non-hydrogen) atoms. The molecule has 1 radical (unpaired) electrons. The topological polar surface area (TPSA) is 146 Å². The fraction of sp³-hybridized carbons (Fsp3) is 0.130. The number of hydrogen-bond acceptors (Lipinski definition) is 7. The Labute approximate surface area is 201 Å². The van der Waals surface area contributed by atoms with Crippen molar-refractivity contribution in [2.45, 2.75) is 25.7 Å². The average molecular weight is 515 g/mol. The zero-order valence-electron chi connectivity index (χ0n) is 17.9. The maximum Gasteiger partial charge on any atom is 0.295 e. The van der Waals surface area contributed by atoms with E-state index in [2.05, 4.69) is 10.2 Å². The van der Waals surface area contributed by atoms with Gasteiger partial charge in [-0.05, 0) is 55.5 Å². The van der Waals surface area contributed by atoms with Crippen LogP contribution in [0.2, 0.25) is 0 Å². The number of aryl methyl sites for hydroxylation is 3. The Kier molecular flexibility index (Phi) is 6.41. The summed E-state index contributed by atoms with van der Waals surface area (Å²) < 4.78 is 33.2. The molecule has 0 spiro atoms. The number of aromatic hydroxyl groups is 2. The maximum absolute atomic E-state index is 11.8. The number of fused-ring (bicyclic) bond motifs is 2. The molecule has 175 valence electrons. The number of hydrogen-bond donors (Lipinski definition) is 4. The van der Waals surface area contributed by atoms with E-state index >= 15 is 0 Å². The number of anilines is 1. The van der Waals surface area contributed by atoms with E-state index in [0.29, 0.717) is 10.9 Å². The second-order valence-corrected chi connectivity index (χ2v) is 9.14. The van der Waals surface area contributed by atoms with Gasteiger partial charge in [-0.2, -0.15) is 8.42 Å². The summed E-state index contributed by atoms with van der Waals surface area (Å²) in [4.78, 5) is -0.365. The monoisotopic (exact) mass is 514 g/mol. The van der Waals surface area contributed by atoms with E-state index in [4.69, 9.17) is 5.73 Å². The Balaban J connectivity index is 0.00000306. The van der Waals surface area contributed by atoms with E-state index in [1.165, 1.54) is 18.2 Å². The molecule has 0 unspecified atom stereocenters. The first kappa shape index (κ1) is 24.5. The normalized spacial score (nSPS) is 11.9. The summed E-state index contributed by atoms with van der Waals surface area (Å²) in [6.45, 7) is 5.41. The first-order valence-corrected chi connectivity index (χ1v) is 11.1. The molecule has 0 aliphatic heterocycles. The molecule has 0 heterocycles. The van der Waals surface area contributed by atoms with Gasteiger partial charge in [0.25, 0.3) is 10.1 Å². The van der Waals surface area contributed by atoms with Crippen molar-refractivity contribution in [3.8, 4) is 11.5 Å². The van der Waals surface area contributed by atoms with E-state index in [1.54, 1.807) is 13.0 Å². The Morgan fingerprint density at radius 2 is 1.52 bits per heavy atom. The summed E-state index contributed by atoms with van der Waals surface area (Å²) in [6, 6.07) is 11.3. The summed E-state index contributed by atoms with van der Waals surface area (Å²) in [5.41, 5.74) is 8.81. The fourth-order valence-corrected chi connectivity index (χ4v) is 4.56. The molecule has 4 aromatic carbocycles. The average Bonchev–Trinajstić information content (AvgIpc) is 2.71. The number of nitrogens with two attached hydrogens (primary N) is 1. The quantitative estimate of drug-likeness (QED) is 0.122. The van der Waals surface area contributed by atoms with Crippen molar-refractivity contribution < 1.29 is 40.3 Å². The van der Waals surface area contributed by atoms with Crippen molar-refractivity contribution in [2.75, 3.05) is 5.73 Å². The second-order valence-electron chi connectivity index (χ2n) is 7.75. The molecule has 0 aromatic heterocycles. The number of nitrogen functional groups attached to an aromatic ring is 1. The van der Waals surface area contributed by atoms with Gasteiger partial charge in [0, 0.05) is 33.5 Å². The third-order valence-corrected chi connectivity index (χ3v) is 6.34. The SMILES string of the molecule is Cc1ccc2c(N=Nc3ccc4c(S(=O)(=O)O)cc(C)c(N)c4c3O)c(O)cc(C)c2c1.[Cu]. The molecular weight excluding hydrogens is 494 g/mol. The molecular formula is C23H21CuN3O5S. The molecule has 0 bridgehead atoms. The minimum absolute atomic E-state index is 0. The fourth-order valence-electron chi connectivity index (χ4n) is 3.79. The van der Waals surface area contributed by atoms with Crippen LogP contribution in [0, 0.1) is 20.8 Å². The minimum atomic E-state index is -4.54. The molecule has 0 saturated heterocycles. The van der Waals surface area contributed by atoms with Crippen LogP contribution in [-0.2, 0) is 27.2 Å². The smallest absolute Gasteiger partial charge is 0.295 e. The van der Waals surface area contributed by atoms with Gasteiger partial charge in [-0.25, -0.2) is 0 Å². The van der Waals surface area contributed by atoms with Crippen LogP contribution in [0.4, 0.5) is 17.1 Å². The van der Waals surface area contributed by atoms with Gasteiger partial charge < -0.3 is 15.9 Å². The molecule has 10 heteroatoms. The molecule has 5 N–H and O–H groups in total. The van der Waals surface area contributed by atoms with Gasteiger partial charge in [0.1, 0.15) is 22.0 Å². The first-order chi connectivity index (χ1) is 15.0.